The van der Waals surface area contributed by atoms with Crippen LogP contribution in [0.5, 0.6) is 0 Å². The summed E-state index contributed by atoms with van der Waals surface area (Å²) in [6, 6.07) is 23.5. The third kappa shape index (κ3) is 39.2. The molecule has 0 aromatic heterocycles. The number of likely N-dealkylation sites (tertiary alicyclic amines) is 1. The fourth-order valence-electron chi connectivity index (χ4n) is 15.3. The summed E-state index contributed by atoms with van der Waals surface area (Å²) < 4.78 is 0. The van der Waals surface area contributed by atoms with Crippen molar-refractivity contribution in [2.24, 2.45) is 11.8 Å². The zero-order chi connectivity index (χ0) is 98.1. The van der Waals surface area contributed by atoms with Crippen LogP contribution in [0.4, 0.5) is 0 Å². The number of nitrogens with zero attached hydrogens (tertiary/aromatic N) is 3. The van der Waals surface area contributed by atoms with Gasteiger partial charge in [0.25, 0.3) is 0 Å². The first-order valence-electron chi connectivity index (χ1n) is 45.7. The number of rotatable bonds is 44. The standard InChI is InChI=1S/C96H136N18O18S2/c1-13-39-112(41-36-97-64(10)117)54-84(121)100-51-70-19-17-20-71(47-70)52-101-87(123)74(45-62(8)115)104-90(126)78(50-69-32-34-73(35-33-69)72-21-15-14-16-22-72)108-93(129)81-57-134-133-56-80(109-94(130)82-23-18-40-114(82)96(132)79(44-58(2)3)103-85(122)55-113(42-37-98-65(11)118)43-38-99-66(12)119)92(128)105-75(46-63(9)116)89(125)107-77(49-68-30-26-61(7)27-31-68)91(127)106-76(48-67-28-24-60(6)25-29-67)88(124)102-53-83(120)111-86(59(4)5)95(131)110-81/h14-17,19-22,24-35,47,58-59,74-82,86,93-94,108-109,129-130H,13,18,23,36-46,48-57H2,1-12H3,(H,97,117)(H,98,118)(H,99,119)(H,100,121)(H,101,123)(H,102,124)(H,103,122)(H,104,126)(H,105,128)(H,106,127)(H,107,125)(H,110,131)(H,111,120)/t74-,75-,76-,77-,78-,79-,80-,81-,82-,86-,93+,94-/m0/s1. The normalized spacial score (nSPS) is 19.1. The van der Waals surface area contributed by atoms with E-state index in [2.05, 4.69) is 79.8 Å². The van der Waals surface area contributed by atoms with Gasteiger partial charge in [-0.3, -0.25) is 97.1 Å². The first-order chi connectivity index (χ1) is 63.8. The van der Waals surface area contributed by atoms with E-state index in [9.17, 15) is 58.2 Å². The molecule has 0 saturated carbocycles. The lowest BCUT2D eigenvalue weighted by Gasteiger charge is -2.34. The van der Waals surface area contributed by atoms with Gasteiger partial charge in [0.05, 0.1) is 43.8 Å². The second-order valence-electron chi connectivity index (χ2n) is 35.0. The highest BCUT2D eigenvalue weighted by molar-refractivity contribution is 8.76. The average molecular weight is 1890 g/mol. The number of benzene rings is 5. The Bertz CT molecular complexity index is 4750. The van der Waals surface area contributed by atoms with Gasteiger partial charge in [-0.25, -0.2) is 0 Å². The maximum Gasteiger partial charge on any atom is 0.245 e. The van der Waals surface area contributed by atoms with Crippen molar-refractivity contribution in [2.75, 3.05) is 83.5 Å². The van der Waals surface area contributed by atoms with Crippen LogP contribution in [0.2, 0.25) is 0 Å². The SMILES string of the molecule is CCCN(CCNC(C)=O)CC(=O)NCc1cccc(CNC(=O)[C@H](CC(C)=O)NC(=O)[C@H](Cc2ccc(-c3ccccc3)cc2)N[C@H](O)[C@@H]2CSSC[C@H](N[C@@H](O)[C@@H]3CCCN3C(=O)[C@H](CC(C)C)NC(=O)CN(CCNC(C)=O)CCNC(C)=O)C(=O)N[C@@H](CC(C)=O)C(=O)N[C@@H](Cc3ccc(C)cc3)C(=O)N[C@@H](Cc3ccc(C)cc3)C(=O)NCC(=O)N[C@@H](C(C)C)C(=O)N2)c1. The molecule has 0 spiro atoms. The molecule has 7 rings (SSSR count). The minimum Gasteiger partial charge on any atom is -0.376 e. The summed E-state index contributed by atoms with van der Waals surface area (Å²) in [5.74, 6) is -11.8. The van der Waals surface area contributed by atoms with Gasteiger partial charge in [0.2, 0.25) is 82.7 Å². The topological polar surface area (TPSA) is 504 Å². The molecule has 36 nitrogen and oxygen atoms in total. The van der Waals surface area contributed by atoms with Gasteiger partial charge in [-0.05, 0) is 117 Å². The summed E-state index contributed by atoms with van der Waals surface area (Å²) in [5.41, 5.74) is 6.45. The highest BCUT2D eigenvalue weighted by Crippen LogP contribution is 2.28. The molecule has 0 bridgehead atoms. The molecule has 2 aliphatic rings. The zero-order valence-electron chi connectivity index (χ0n) is 78.8. The molecule has 17 N–H and O–H groups in total. The van der Waals surface area contributed by atoms with Crippen LogP contribution >= 0.6 is 21.6 Å². The summed E-state index contributed by atoms with van der Waals surface area (Å²) in [5, 5.41) is 67.5. The van der Waals surface area contributed by atoms with Crippen LogP contribution in [0.25, 0.3) is 11.1 Å². The van der Waals surface area contributed by atoms with Crippen molar-refractivity contribution >= 4 is 116 Å². The largest absolute Gasteiger partial charge is 0.376 e. The number of nitrogens with one attached hydrogen (secondary N) is 15. The van der Waals surface area contributed by atoms with E-state index in [1.54, 1.807) is 104 Å². The number of aryl methyl sites for hydroxylation is 2. The Hall–Kier alpha value is -11.5. The van der Waals surface area contributed by atoms with E-state index < -0.39 is 169 Å². The molecule has 2 saturated heterocycles. The van der Waals surface area contributed by atoms with Crippen LogP contribution in [0, 0.1) is 25.7 Å². The molecule has 0 unspecified atom stereocenters. The number of Topliss-reactive ketones (excluding diaryl/α,β-unsaturated/α-hetero) is 2. The lowest BCUT2D eigenvalue weighted by Crippen LogP contribution is -2.62. The molecule has 14 amide bonds. The molecule has 134 heavy (non-hydrogen) atoms. The number of carbonyl (C=O) groups is 16. The maximum atomic E-state index is 15.5. The third-order valence-electron chi connectivity index (χ3n) is 22.4. The van der Waals surface area contributed by atoms with E-state index in [1.807, 2.05) is 82.0 Å². The molecule has 12 atom stereocenters. The Morgan fingerprint density at radius 1 is 0.507 bits per heavy atom. The Kier molecular flexibility index (Phi) is 46.3. The van der Waals surface area contributed by atoms with Crippen molar-refractivity contribution in [3.05, 3.63) is 166 Å². The molecule has 730 valence electrons. The van der Waals surface area contributed by atoms with Gasteiger partial charge in [-0.15, -0.1) is 0 Å². The molecule has 0 radical (unpaired) electrons. The summed E-state index contributed by atoms with van der Waals surface area (Å²) in [4.78, 5) is 229. The summed E-state index contributed by atoms with van der Waals surface area (Å²) >= 11 is 0. The minimum absolute atomic E-state index is 0.0855. The van der Waals surface area contributed by atoms with E-state index in [0.717, 1.165) is 50.3 Å². The van der Waals surface area contributed by atoms with E-state index >= 15 is 28.8 Å². The van der Waals surface area contributed by atoms with Gasteiger partial charge in [0.15, 0.2) is 0 Å². The predicted molar refractivity (Wildman–Crippen MR) is 512 cm³/mol. The lowest BCUT2D eigenvalue weighted by atomic mass is 9.99. The van der Waals surface area contributed by atoms with E-state index in [4.69, 9.17) is 0 Å². The zero-order valence-corrected chi connectivity index (χ0v) is 80.4. The van der Waals surface area contributed by atoms with Gasteiger partial charge < -0.3 is 84.2 Å². The minimum atomic E-state index is -1.94. The van der Waals surface area contributed by atoms with Gasteiger partial charge in [-0.1, -0.05) is 195 Å². The molecule has 2 heterocycles. The maximum absolute atomic E-state index is 15.5. The van der Waals surface area contributed by atoms with Crippen LogP contribution in [0.15, 0.2) is 127 Å². The second kappa shape index (κ2) is 56.6. The first-order valence-corrected chi connectivity index (χ1v) is 48.1. The Morgan fingerprint density at radius 2 is 1.04 bits per heavy atom. The molecular formula is C96H136N18O18S2. The number of aliphatic hydroxyl groups excluding tert-OH is 2. The van der Waals surface area contributed by atoms with E-state index in [1.165, 1.54) is 39.5 Å². The van der Waals surface area contributed by atoms with Crippen LogP contribution in [-0.2, 0) is 109 Å². The van der Waals surface area contributed by atoms with Crippen molar-refractivity contribution < 1.29 is 86.9 Å². The van der Waals surface area contributed by atoms with Crippen molar-refractivity contribution in [3.63, 3.8) is 0 Å². The highest BCUT2D eigenvalue weighted by Gasteiger charge is 2.42. The van der Waals surface area contributed by atoms with Crippen molar-refractivity contribution in [1.29, 1.82) is 0 Å². The number of amides is 14. The molecule has 0 aliphatic carbocycles. The smallest absolute Gasteiger partial charge is 0.245 e. The van der Waals surface area contributed by atoms with Gasteiger partial charge in [0.1, 0.15) is 60.3 Å². The number of ketones is 2. The number of carbonyl (C=O) groups excluding carboxylic acids is 16. The number of hydrogen-bond donors (Lipinski definition) is 17. The quantitative estimate of drug-likeness (QED) is 0.0194. The molecule has 5 aromatic rings. The van der Waals surface area contributed by atoms with Crippen LogP contribution in [-0.4, -0.2) is 276 Å². The Morgan fingerprint density at radius 3 is 1.59 bits per heavy atom. The first kappa shape index (κ1) is 109. The lowest BCUT2D eigenvalue weighted by molar-refractivity contribution is -0.140. The molecule has 5 aromatic carbocycles. The summed E-state index contributed by atoms with van der Waals surface area (Å²) in [6.07, 6.45) is -3.89. The van der Waals surface area contributed by atoms with E-state index in [0.29, 0.717) is 53.9 Å². The van der Waals surface area contributed by atoms with Gasteiger partial charge in [-0.2, -0.15) is 0 Å². The molecular weight excluding hydrogens is 1760 g/mol. The van der Waals surface area contributed by atoms with E-state index in [-0.39, 0.29) is 132 Å². The highest BCUT2D eigenvalue weighted by atomic mass is 33.1. The van der Waals surface area contributed by atoms with Crippen LogP contribution in [0.3, 0.4) is 0 Å². The fraction of sp³-hybridized carbons (Fsp3) is 0.521. The number of hydrogen-bond acceptors (Lipinski definition) is 24. The molecule has 38 heteroatoms. The molecule has 2 fully saturated rings. The third-order valence-corrected chi connectivity index (χ3v) is 24.8. The van der Waals surface area contributed by atoms with Crippen LogP contribution in [0.1, 0.15) is 147 Å². The van der Waals surface area contributed by atoms with Gasteiger partial charge in [0, 0.05) is 117 Å². The summed E-state index contributed by atoms with van der Waals surface area (Å²) in [7, 11) is 1.93. The molecule has 2 aliphatic heterocycles. The Balaban J connectivity index is 1.26. The van der Waals surface area contributed by atoms with Crippen molar-refractivity contribution in [1.82, 2.24) is 94.5 Å². The predicted octanol–water partition coefficient (Wildman–Crippen LogP) is 1.46. The second-order valence-corrected chi connectivity index (χ2v) is 37.6. The van der Waals surface area contributed by atoms with Crippen LogP contribution < -0.4 is 79.8 Å². The number of aliphatic hydroxyl groups is 2. The fourth-order valence-corrected chi connectivity index (χ4v) is 17.8. The van der Waals surface area contributed by atoms with Crippen molar-refractivity contribution in [2.45, 2.75) is 227 Å². The Labute approximate surface area is 792 Å². The monoisotopic (exact) mass is 1890 g/mol. The summed E-state index contributed by atoms with van der Waals surface area (Å²) in [6.45, 7) is 20.8. The average Bonchev–Trinajstić information content (AvgIpc) is 1.70. The van der Waals surface area contributed by atoms with Crippen molar-refractivity contribution in [3.8, 4) is 11.1 Å². The van der Waals surface area contributed by atoms with Gasteiger partial charge >= 0.3 is 0 Å².